The molecule has 1 atom stereocenters. The van der Waals surface area contributed by atoms with Gasteiger partial charge >= 0.3 is 0 Å². The van der Waals surface area contributed by atoms with Crippen molar-refractivity contribution < 1.29 is 9.15 Å². The predicted octanol–water partition coefficient (Wildman–Crippen LogP) is 2.96. The number of hydrogen-bond donors (Lipinski definition) is 1. The highest BCUT2D eigenvalue weighted by Crippen LogP contribution is 2.29. The molecule has 3 heteroatoms. The largest absolute Gasteiger partial charge is 0.493 e. The van der Waals surface area contributed by atoms with Gasteiger partial charge in [0.1, 0.15) is 17.3 Å². The Labute approximate surface area is 107 Å². The van der Waals surface area contributed by atoms with E-state index in [1.165, 1.54) is 5.56 Å². The smallest absolute Gasteiger partial charge is 0.125 e. The molecule has 0 radical (unpaired) electrons. The van der Waals surface area contributed by atoms with Crippen molar-refractivity contribution in [2.75, 3.05) is 6.61 Å². The molecular formula is C15H17NO2. The van der Waals surface area contributed by atoms with Crippen molar-refractivity contribution in [2.24, 2.45) is 5.73 Å². The van der Waals surface area contributed by atoms with Gasteiger partial charge in [-0.3, -0.25) is 0 Å². The standard InChI is InChI=1S/C15H17NO2/c1-10-4-6-14(18-10)15(16)12-5-7-13-11(9-12)3-2-8-17-13/h4-7,9,15H,2-3,8,16H2,1H3. The first kappa shape index (κ1) is 11.4. The van der Waals surface area contributed by atoms with Gasteiger partial charge in [0.05, 0.1) is 12.6 Å². The van der Waals surface area contributed by atoms with Crippen LogP contribution in [-0.4, -0.2) is 6.61 Å². The quantitative estimate of drug-likeness (QED) is 0.882. The van der Waals surface area contributed by atoms with Gasteiger partial charge < -0.3 is 14.9 Å². The summed E-state index contributed by atoms with van der Waals surface area (Å²) in [6, 6.07) is 9.85. The minimum Gasteiger partial charge on any atom is -0.493 e. The first-order valence-corrected chi connectivity index (χ1v) is 6.31. The van der Waals surface area contributed by atoms with Gasteiger partial charge in [-0.25, -0.2) is 0 Å². The molecular weight excluding hydrogens is 226 g/mol. The SMILES string of the molecule is Cc1ccc(C(N)c2ccc3c(c2)CCCO3)o1. The van der Waals surface area contributed by atoms with E-state index < -0.39 is 0 Å². The molecule has 0 saturated carbocycles. The van der Waals surface area contributed by atoms with Gasteiger partial charge in [-0.05, 0) is 49.1 Å². The average Bonchev–Trinajstić information content (AvgIpc) is 2.84. The molecule has 1 aliphatic heterocycles. The zero-order valence-corrected chi connectivity index (χ0v) is 10.5. The third kappa shape index (κ3) is 2.02. The van der Waals surface area contributed by atoms with E-state index in [1.807, 2.05) is 31.2 Å². The molecule has 0 aliphatic carbocycles. The summed E-state index contributed by atoms with van der Waals surface area (Å²) >= 11 is 0. The van der Waals surface area contributed by atoms with Crippen LogP contribution < -0.4 is 10.5 Å². The lowest BCUT2D eigenvalue weighted by molar-refractivity contribution is 0.288. The van der Waals surface area contributed by atoms with Crippen molar-refractivity contribution in [1.82, 2.24) is 0 Å². The molecule has 3 nitrogen and oxygen atoms in total. The summed E-state index contributed by atoms with van der Waals surface area (Å²) in [6.07, 6.45) is 2.14. The van der Waals surface area contributed by atoms with E-state index in [0.717, 1.165) is 42.3 Å². The third-order valence-electron chi connectivity index (χ3n) is 3.36. The molecule has 0 spiro atoms. The number of benzene rings is 1. The molecule has 94 valence electrons. The maximum Gasteiger partial charge on any atom is 0.125 e. The number of furan rings is 1. The van der Waals surface area contributed by atoms with E-state index in [1.54, 1.807) is 0 Å². The Balaban J connectivity index is 1.92. The normalized spacial score (nSPS) is 15.9. The maximum atomic E-state index is 6.23. The number of ether oxygens (including phenoxy) is 1. The van der Waals surface area contributed by atoms with Gasteiger partial charge in [0.2, 0.25) is 0 Å². The van der Waals surface area contributed by atoms with Gasteiger partial charge in [0.15, 0.2) is 0 Å². The molecule has 2 aromatic rings. The summed E-state index contributed by atoms with van der Waals surface area (Å²) < 4.78 is 11.2. The molecule has 0 bridgehead atoms. The Hall–Kier alpha value is -1.74. The summed E-state index contributed by atoms with van der Waals surface area (Å²) in [4.78, 5) is 0. The molecule has 1 aromatic carbocycles. The zero-order valence-electron chi connectivity index (χ0n) is 10.5. The van der Waals surface area contributed by atoms with Crippen LogP contribution in [0.1, 0.15) is 35.1 Å². The molecule has 1 aromatic heterocycles. The van der Waals surface area contributed by atoms with Crippen LogP contribution in [0.2, 0.25) is 0 Å². The number of rotatable bonds is 2. The highest BCUT2D eigenvalue weighted by Gasteiger charge is 2.16. The van der Waals surface area contributed by atoms with Gasteiger partial charge in [0, 0.05) is 0 Å². The van der Waals surface area contributed by atoms with Crippen LogP contribution in [0.25, 0.3) is 0 Å². The van der Waals surface area contributed by atoms with Crippen LogP contribution in [-0.2, 0) is 6.42 Å². The van der Waals surface area contributed by atoms with Gasteiger partial charge in [-0.15, -0.1) is 0 Å². The summed E-state index contributed by atoms with van der Waals surface area (Å²) in [7, 11) is 0. The highest BCUT2D eigenvalue weighted by atomic mass is 16.5. The van der Waals surface area contributed by atoms with Crippen LogP contribution in [0.4, 0.5) is 0 Å². The molecule has 3 rings (SSSR count). The van der Waals surface area contributed by atoms with E-state index in [-0.39, 0.29) is 6.04 Å². The maximum absolute atomic E-state index is 6.23. The second-order valence-corrected chi connectivity index (χ2v) is 4.75. The van der Waals surface area contributed by atoms with Crippen LogP contribution in [0.5, 0.6) is 5.75 Å². The second kappa shape index (κ2) is 4.50. The third-order valence-corrected chi connectivity index (χ3v) is 3.36. The monoisotopic (exact) mass is 243 g/mol. The second-order valence-electron chi connectivity index (χ2n) is 4.75. The Morgan fingerprint density at radius 2 is 2.11 bits per heavy atom. The van der Waals surface area contributed by atoms with Crippen molar-refractivity contribution in [2.45, 2.75) is 25.8 Å². The lowest BCUT2D eigenvalue weighted by atomic mass is 9.98. The Morgan fingerprint density at radius 1 is 1.22 bits per heavy atom. The molecule has 2 heterocycles. The lowest BCUT2D eigenvalue weighted by Gasteiger charge is -2.19. The van der Waals surface area contributed by atoms with E-state index in [9.17, 15) is 0 Å². The molecule has 0 fully saturated rings. The highest BCUT2D eigenvalue weighted by molar-refractivity contribution is 5.41. The van der Waals surface area contributed by atoms with Crippen molar-refractivity contribution in [1.29, 1.82) is 0 Å². The number of fused-ring (bicyclic) bond motifs is 1. The van der Waals surface area contributed by atoms with E-state index in [4.69, 9.17) is 14.9 Å². The van der Waals surface area contributed by atoms with Gasteiger partial charge in [-0.2, -0.15) is 0 Å². The fourth-order valence-corrected chi connectivity index (χ4v) is 2.36. The van der Waals surface area contributed by atoms with Crippen molar-refractivity contribution >= 4 is 0 Å². The first-order valence-electron chi connectivity index (χ1n) is 6.31. The fraction of sp³-hybridized carbons (Fsp3) is 0.333. The molecule has 0 amide bonds. The Morgan fingerprint density at radius 3 is 2.89 bits per heavy atom. The molecule has 1 unspecified atom stereocenters. The van der Waals surface area contributed by atoms with Crippen LogP contribution in [0, 0.1) is 6.92 Å². The molecule has 1 aliphatic rings. The van der Waals surface area contributed by atoms with Crippen molar-refractivity contribution in [3.63, 3.8) is 0 Å². The minimum atomic E-state index is -0.203. The van der Waals surface area contributed by atoms with E-state index in [2.05, 4.69) is 6.07 Å². The number of nitrogens with two attached hydrogens (primary N) is 1. The molecule has 18 heavy (non-hydrogen) atoms. The average molecular weight is 243 g/mol. The molecule has 2 N–H and O–H groups in total. The fourth-order valence-electron chi connectivity index (χ4n) is 2.36. The zero-order chi connectivity index (χ0) is 12.5. The summed E-state index contributed by atoms with van der Waals surface area (Å²) in [5, 5.41) is 0. The van der Waals surface area contributed by atoms with Crippen molar-refractivity contribution in [3.05, 3.63) is 53.0 Å². The Kier molecular flexibility index (Phi) is 2.84. The molecule has 0 saturated heterocycles. The summed E-state index contributed by atoms with van der Waals surface area (Å²) in [5.74, 6) is 2.69. The number of hydrogen-bond acceptors (Lipinski definition) is 3. The lowest BCUT2D eigenvalue weighted by Crippen LogP contribution is -2.13. The first-order chi connectivity index (χ1) is 8.74. The topological polar surface area (TPSA) is 48.4 Å². The number of aryl methyl sites for hydroxylation is 2. The van der Waals surface area contributed by atoms with Crippen LogP contribution >= 0.6 is 0 Å². The summed E-state index contributed by atoms with van der Waals surface area (Å²) in [6.45, 7) is 2.74. The van der Waals surface area contributed by atoms with Crippen LogP contribution in [0.3, 0.4) is 0 Å². The minimum absolute atomic E-state index is 0.203. The predicted molar refractivity (Wildman–Crippen MR) is 69.7 cm³/mol. The van der Waals surface area contributed by atoms with Crippen LogP contribution in [0.15, 0.2) is 34.7 Å². The van der Waals surface area contributed by atoms with Crippen molar-refractivity contribution in [3.8, 4) is 5.75 Å². The van der Waals surface area contributed by atoms with E-state index in [0.29, 0.717) is 0 Å². The van der Waals surface area contributed by atoms with Gasteiger partial charge in [-0.1, -0.05) is 12.1 Å². The van der Waals surface area contributed by atoms with Gasteiger partial charge in [0.25, 0.3) is 0 Å². The van der Waals surface area contributed by atoms with E-state index >= 15 is 0 Å². The Bertz CT molecular complexity index is 559. The summed E-state index contributed by atoms with van der Waals surface area (Å²) in [5.41, 5.74) is 8.55.